The topological polar surface area (TPSA) is 97.6 Å². The lowest BCUT2D eigenvalue weighted by molar-refractivity contribution is -0.000589. The van der Waals surface area contributed by atoms with Crippen LogP contribution in [0.1, 0.15) is 55.4 Å². The number of H-pyrrole nitrogens is 1. The fraction of sp³-hybridized carbons (Fsp3) is 0.500. The number of thiazole rings is 1. The van der Waals surface area contributed by atoms with Crippen molar-refractivity contribution in [3.05, 3.63) is 50.3 Å². The Morgan fingerprint density at radius 3 is 2.97 bits per heavy atom. The van der Waals surface area contributed by atoms with Crippen LogP contribution >= 0.6 is 11.3 Å². The second-order valence-electron chi connectivity index (χ2n) is 8.27. The summed E-state index contributed by atoms with van der Waals surface area (Å²) in [5, 5.41) is 9.79. The fourth-order valence-electron chi connectivity index (χ4n) is 4.36. The summed E-state index contributed by atoms with van der Waals surface area (Å²) in [5.74, 6) is 2.76. The molecule has 0 aliphatic heterocycles. The predicted octanol–water partition coefficient (Wildman–Crippen LogP) is 5.08. The van der Waals surface area contributed by atoms with Gasteiger partial charge in [0.1, 0.15) is 17.2 Å². The smallest absolute Gasteiger partial charge is 0.307 e. The summed E-state index contributed by atoms with van der Waals surface area (Å²) in [6, 6.07) is 7.70. The van der Waals surface area contributed by atoms with Crippen LogP contribution in [-0.4, -0.2) is 28.3 Å². The van der Waals surface area contributed by atoms with Crippen LogP contribution in [0.4, 0.5) is 0 Å². The van der Waals surface area contributed by atoms with E-state index in [4.69, 9.17) is 18.9 Å². The predicted molar refractivity (Wildman–Crippen MR) is 123 cm³/mol. The molecule has 7 nitrogen and oxygen atoms in total. The van der Waals surface area contributed by atoms with E-state index in [1.807, 2.05) is 24.3 Å². The minimum Gasteiger partial charge on any atom is -0.497 e. The molecule has 172 valence electrons. The van der Waals surface area contributed by atoms with Gasteiger partial charge in [-0.25, -0.2) is 4.98 Å². The van der Waals surface area contributed by atoms with E-state index in [0.717, 1.165) is 83.9 Å². The van der Waals surface area contributed by atoms with E-state index in [0.29, 0.717) is 18.4 Å². The normalized spacial score (nSPS) is 18.7. The Morgan fingerprint density at radius 2 is 2.22 bits per heavy atom. The van der Waals surface area contributed by atoms with E-state index in [1.54, 1.807) is 7.11 Å². The van der Waals surface area contributed by atoms with Gasteiger partial charge < -0.3 is 19.0 Å². The van der Waals surface area contributed by atoms with Crippen molar-refractivity contribution in [2.75, 3.05) is 7.11 Å². The Balaban J connectivity index is 1.35. The standard InChI is InChI=1S/C24H30N2O5S/c1-3-20-19(25-23(31-20)16-7-5-8-17(13-16)29-2)14-30-18-9-4-6-15(12-18)10-11-21-22(27)26-24(28)32-21/h5,7-8,13,15,18,27H,3-4,6,9-12,14H2,1-2H3,(H,26,28). The number of aromatic nitrogens is 2. The summed E-state index contributed by atoms with van der Waals surface area (Å²) < 4.78 is 17.6. The van der Waals surface area contributed by atoms with Crippen molar-refractivity contribution < 1.29 is 19.0 Å². The molecule has 0 saturated heterocycles. The van der Waals surface area contributed by atoms with Gasteiger partial charge in [-0.05, 0) is 49.8 Å². The van der Waals surface area contributed by atoms with Gasteiger partial charge in [-0.15, -0.1) is 0 Å². The molecule has 2 atom stereocenters. The number of methoxy groups -OCH3 is 1. The molecule has 2 N–H and O–H groups in total. The molecule has 2 unspecified atom stereocenters. The molecule has 3 aromatic rings. The van der Waals surface area contributed by atoms with E-state index >= 15 is 0 Å². The first-order valence-corrected chi connectivity index (χ1v) is 12.0. The number of aromatic amines is 1. The molecule has 2 heterocycles. The monoisotopic (exact) mass is 458 g/mol. The van der Waals surface area contributed by atoms with Crippen molar-refractivity contribution in [1.82, 2.24) is 9.97 Å². The third-order valence-corrected chi connectivity index (χ3v) is 7.02. The number of benzene rings is 1. The molecule has 0 amide bonds. The maximum Gasteiger partial charge on any atom is 0.307 e. The number of rotatable bonds is 9. The molecular formula is C24H30N2O5S. The van der Waals surface area contributed by atoms with E-state index < -0.39 is 0 Å². The lowest BCUT2D eigenvalue weighted by Gasteiger charge is -2.29. The third kappa shape index (κ3) is 5.42. The Bertz CT molecular complexity index is 1090. The zero-order chi connectivity index (χ0) is 22.5. The lowest BCUT2D eigenvalue weighted by Crippen LogP contribution is -2.23. The molecule has 0 radical (unpaired) electrons. The van der Waals surface area contributed by atoms with Crippen molar-refractivity contribution in [2.24, 2.45) is 5.92 Å². The van der Waals surface area contributed by atoms with Gasteiger partial charge >= 0.3 is 4.87 Å². The summed E-state index contributed by atoms with van der Waals surface area (Å²) in [7, 11) is 1.64. The second kappa shape index (κ2) is 10.4. The number of hydrogen-bond acceptors (Lipinski definition) is 7. The maximum absolute atomic E-state index is 11.4. The van der Waals surface area contributed by atoms with Gasteiger partial charge in [0.2, 0.25) is 11.8 Å². The third-order valence-electron chi connectivity index (χ3n) is 6.09. The fourth-order valence-corrected chi connectivity index (χ4v) is 5.10. The van der Waals surface area contributed by atoms with Crippen LogP contribution in [0, 0.1) is 5.92 Å². The summed E-state index contributed by atoms with van der Waals surface area (Å²) in [5.41, 5.74) is 1.74. The number of aryl methyl sites for hydroxylation is 2. The molecule has 1 fully saturated rings. The SMILES string of the molecule is CCc1oc(-c2cccc(OC)c2)nc1COC1CCCC(CCc2sc(=O)[nH]c2O)C1. The number of hydrogen-bond donors (Lipinski definition) is 2. The van der Waals surface area contributed by atoms with Crippen molar-refractivity contribution in [3.8, 4) is 23.1 Å². The Labute approximate surface area is 191 Å². The molecule has 4 rings (SSSR count). The van der Waals surface area contributed by atoms with Gasteiger partial charge in [-0.2, -0.15) is 0 Å². The van der Waals surface area contributed by atoms with Crippen LogP contribution in [0.5, 0.6) is 11.6 Å². The molecule has 1 aliphatic carbocycles. The zero-order valence-electron chi connectivity index (χ0n) is 18.6. The number of aromatic hydroxyl groups is 1. The number of ether oxygens (including phenoxy) is 2. The zero-order valence-corrected chi connectivity index (χ0v) is 19.4. The van der Waals surface area contributed by atoms with Gasteiger partial charge in [-0.1, -0.05) is 37.2 Å². The highest BCUT2D eigenvalue weighted by Crippen LogP contribution is 2.32. The molecule has 0 bridgehead atoms. The first-order valence-electron chi connectivity index (χ1n) is 11.2. The molecule has 2 aromatic heterocycles. The molecule has 8 heteroatoms. The van der Waals surface area contributed by atoms with Crippen LogP contribution in [0.3, 0.4) is 0 Å². The summed E-state index contributed by atoms with van der Waals surface area (Å²) >= 11 is 1.10. The highest BCUT2D eigenvalue weighted by atomic mass is 32.1. The molecule has 0 spiro atoms. The second-order valence-corrected chi connectivity index (χ2v) is 9.33. The first-order chi connectivity index (χ1) is 15.6. The molecule has 32 heavy (non-hydrogen) atoms. The number of nitrogens with zero attached hydrogens (tertiary/aromatic N) is 1. The first kappa shape index (κ1) is 22.6. The summed E-state index contributed by atoms with van der Waals surface area (Å²) in [4.78, 5) is 19.1. The van der Waals surface area contributed by atoms with E-state index in [-0.39, 0.29) is 16.9 Å². The van der Waals surface area contributed by atoms with Crippen molar-refractivity contribution in [2.45, 2.75) is 64.6 Å². The van der Waals surface area contributed by atoms with Crippen LogP contribution in [0.15, 0.2) is 33.5 Å². The van der Waals surface area contributed by atoms with E-state index in [1.165, 1.54) is 0 Å². The largest absolute Gasteiger partial charge is 0.497 e. The average Bonchev–Trinajstić information content (AvgIpc) is 3.38. The Morgan fingerprint density at radius 1 is 1.34 bits per heavy atom. The number of oxazole rings is 1. The Kier molecular flexibility index (Phi) is 7.32. The van der Waals surface area contributed by atoms with E-state index in [2.05, 4.69) is 11.9 Å². The van der Waals surface area contributed by atoms with Crippen LogP contribution in [0.2, 0.25) is 0 Å². The van der Waals surface area contributed by atoms with Crippen molar-refractivity contribution in [3.63, 3.8) is 0 Å². The van der Waals surface area contributed by atoms with Gasteiger partial charge in [0.15, 0.2) is 0 Å². The van der Waals surface area contributed by atoms with Crippen LogP contribution in [0.25, 0.3) is 11.5 Å². The molecule has 1 saturated carbocycles. The maximum atomic E-state index is 11.4. The highest BCUT2D eigenvalue weighted by Gasteiger charge is 2.24. The lowest BCUT2D eigenvalue weighted by atomic mass is 9.84. The van der Waals surface area contributed by atoms with Gasteiger partial charge in [0.05, 0.1) is 24.7 Å². The van der Waals surface area contributed by atoms with Crippen molar-refractivity contribution >= 4 is 11.3 Å². The van der Waals surface area contributed by atoms with Crippen LogP contribution < -0.4 is 9.61 Å². The van der Waals surface area contributed by atoms with Crippen LogP contribution in [-0.2, 0) is 24.2 Å². The van der Waals surface area contributed by atoms with Gasteiger partial charge in [0, 0.05) is 12.0 Å². The minimum atomic E-state index is -0.199. The minimum absolute atomic E-state index is 0.0218. The molecular weight excluding hydrogens is 428 g/mol. The molecule has 1 aromatic carbocycles. The average molecular weight is 459 g/mol. The quantitative estimate of drug-likeness (QED) is 0.464. The summed E-state index contributed by atoms with van der Waals surface area (Å²) in [6.07, 6.45) is 6.93. The molecule has 1 aliphatic rings. The Hall–Kier alpha value is -2.58. The van der Waals surface area contributed by atoms with E-state index in [9.17, 15) is 9.90 Å². The highest BCUT2D eigenvalue weighted by molar-refractivity contribution is 7.09. The summed E-state index contributed by atoms with van der Waals surface area (Å²) in [6.45, 7) is 2.50. The van der Waals surface area contributed by atoms with Gasteiger partial charge in [0.25, 0.3) is 0 Å². The van der Waals surface area contributed by atoms with Gasteiger partial charge in [-0.3, -0.25) is 9.78 Å². The number of nitrogens with one attached hydrogen (secondary N) is 1. The van der Waals surface area contributed by atoms with Crippen molar-refractivity contribution in [1.29, 1.82) is 0 Å².